The molecule has 0 bridgehead atoms. The third-order valence-electron chi connectivity index (χ3n) is 7.41. The van der Waals surface area contributed by atoms with E-state index in [1.54, 1.807) is 0 Å². The van der Waals surface area contributed by atoms with Crippen LogP contribution in [0.4, 0.5) is 10.1 Å². The number of rotatable bonds is 4. The summed E-state index contributed by atoms with van der Waals surface area (Å²) in [5.41, 5.74) is 6.49. The number of benzene rings is 2. The Bertz CT molecular complexity index is 1370. The first-order valence-electron chi connectivity index (χ1n) is 12.1. The lowest BCUT2D eigenvalue weighted by Crippen LogP contribution is -2.29. The quantitative estimate of drug-likeness (QED) is 0.479. The van der Waals surface area contributed by atoms with Crippen LogP contribution in [0.3, 0.4) is 0 Å². The van der Waals surface area contributed by atoms with Gasteiger partial charge in [-0.2, -0.15) is 0 Å². The minimum absolute atomic E-state index is 0.0703. The van der Waals surface area contributed by atoms with Crippen LogP contribution in [0.2, 0.25) is 0 Å². The van der Waals surface area contributed by atoms with Crippen molar-refractivity contribution in [2.45, 2.75) is 19.1 Å². The van der Waals surface area contributed by atoms with Crippen molar-refractivity contribution >= 4 is 5.69 Å². The first-order chi connectivity index (χ1) is 16.9. The van der Waals surface area contributed by atoms with Crippen LogP contribution in [-0.2, 0) is 0 Å². The van der Waals surface area contributed by atoms with Gasteiger partial charge >= 0.3 is 0 Å². The van der Waals surface area contributed by atoms with E-state index in [0.717, 1.165) is 47.1 Å². The van der Waals surface area contributed by atoms with Gasteiger partial charge in [0.2, 0.25) is 0 Å². The van der Waals surface area contributed by atoms with Crippen LogP contribution in [0.5, 0.6) is 0 Å². The van der Waals surface area contributed by atoms with Crippen LogP contribution in [0.1, 0.15) is 18.5 Å². The third-order valence-corrected chi connectivity index (χ3v) is 7.41. The number of halogens is 1. The van der Waals surface area contributed by atoms with Crippen LogP contribution >= 0.6 is 0 Å². The summed E-state index contributed by atoms with van der Waals surface area (Å²) < 4.78 is 17.9. The SMILES string of the molecule is CC1c2cc(N3C[C@@H](CN(C)C)[C@H](O)C3)ccc2-n2ccnc2-c2cc(-c3ccc(F)cc3)cn21. The van der Waals surface area contributed by atoms with Crippen molar-refractivity contribution in [3.63, 3.8) is 0 Å². The lowest BCUT2D eigenvalue weighted by atomic mass is 10.0. The average Bonchev–Trinajstić information content (AvgIpc) is 3.56. The van der Waals surface area contributed by atoms with Gasteiger partial charge in [-0.05, 0) is 63.0 Å². The first kappa shape index (κ1) is 22.1. The number of imidazole rings is 1. The molecule has 1 unspecified atom stereocenters. The highest BCUT2D eigenvalue weighted by molar-refractivity contribution is 5.72. The molecule has 35 heavy (non-hydrogen) atoms. The van der Waals surface area contributed by atoms with Crippen molar-refractivity contribution in [3.8, 4) is 28.3 Å². The predicted molar refractivity (Wildman–Crippen MR) is 136 cm³/mol. The van der Waals surface area contributed by atoms with Crippen LogP contribution in [0, 0.1) is 11.7 Å². The molecule has 6 nitrogen and oxygen atoms in total. The van der Waals surface area contributed by atoms with Crippen molar-refractivity contribution in [1.29, 1.82) is 0 Å². The van der Waals surface area contributed by atoms with Gasteiger partial charge in [-0.3, -0.25) is 4.57 Å². The van der Waals surface area contributed by atoms with Crippen LogP contribution in [0.15, 0.2) is 67.1 Å². The first-order valence-corrected chi connectivity index (χ1v) is 12.1. The number of hydrogen-bond acceptors (Lipinski definition) is 4. The van der Waals surface area contributed by atoms with Gasteiger partial charge < -0.3 is 19.5 Å². The second-order valence-corrected chi connectivity index (χ2v) is 10.1. The maximum atomic E-state index is 13.5. The van der Waals surface area contributed by atoms with E-state index in [4.69, 9.17) is 4.98 Å². The smallest absolute Gasteiger partial charge is 0.161 e. The molecule has 1 saturated heterocycles. The van der Waals surface area contributed by atoms with E-state index in [1.165, 1.54) is 17.7 Å². The summed E-state index contributed by atoms with van der Waals surface area (Å²) in [6.45, 7) is 4.56. The molecule has 3 atom stereocenters. The second-order valence-electron chi connectivity index (χ2n) is 10.1. The van der Waals surface area contributed by atoms with Crippen molar-refractivity contribution in [1.82, 2.24) is 19.0 Å². The molecule has 0 spiro atoms. The Kier molecular flexibility index (Phi) is 5.27. The van der Waals surface area contributed by atoms with E-state index in [0.29, 0.717) is 6.54 Å². The summed E-state index contributed by atoms with van der Waals surface area (Å²) in [6.07, 6.45) is 5.65. The number of hydrogen-bond donors (Lipinski definition) is 1. The van der Waals surface area contributed by atoms with Gasteiger partial charge in [-0.15, -0.1) is 0 Å². The maximum Gasteiger partial charge on any atom is 0.161 e. The molecule has 0 saturated carbocycles. The standard InChI is InChI=1S/C28H30FN5O/c1-18-24-13-23(32-15-21(14-31(2)3)27(35)17-32)8-9-25(24)33-11-10-30-28(33)26-12-20(16-34(18)26)19-4-6-22(29)7-5-19/h4-13,16,18,21,27,35H,14-15,17H2,1-3H3/t18?,21-,27-/m1/s1. The van der Waals surface area contributed by atoms with Crippen LogP contribution in [0.25, 0.3) is 28.3 Å². The summed E-state index contributed by atoms with van der Waals surface area (Å²) in [6, 6.07) is 15.4. The number of nitrogens with zero attached hydrogens (tertiary/aromatic N) is 5. The number of aliphatic hydroxyl groups excluding tert-OH is 1. The third kappa shape index (κ3) is 3.75. The zero-order valence-corrected chi connectivity index (χ0v) is 20.3. The van der Waals surface area contributed by atoms with Crippen LogP contribution in [-0.4, -0.2) is 64.0 Å². The molecule has 4 aromatic rings. The largest absolute Gasteiger partial charge is 0.391 e. The van der Waals surface area contributed by atoms with E-state index < -0.39 is 0 Å². The Morgan fingerprint density at radius 1 is 1.06 bits per heavy atom. The van der Waals surface area contributed by atoms with Gasteiger partial charge in [-0.25, -0.2) is 9.37 Å². The fraction of sp³-hybridized carbons (Fsp3) is 0.321. The van der Waals surface area contributed by atoms with Crippen LogP contribution < -0.4 is 4.90 Å². The summed E-state index contributed by atoms with van der Waals surface area (Å²) in [4.78, 5) is 9.13. The lowest BCUT2D eigenvalue weighted by Gasteiger charge is -2.23. The molecular weight excluding hydrogens is 441 g/mol. The number of aromatic nitrogens is 3. The predicted octanol–water partition coefficient (Wildman–Crippen LogP) is 4.43. The van der Waals surface area contributed by atoms with Crippen molar-refractivity contribution in [2.24, 2.45) is 5.92 Å². The van der Waals surface area contributed by atoms with Gasteiger partial charge in [0, 0.05) is 61.0 Å². The van der Waals surface area contributed by atoms with Gasteiger partial charge in [-0.1, -0.05) is 12.1 Å². The number of fused-ring (bicyclic) bond motifs is 5. The molecule has 1 fully saturated rings. The van der Waals surface area contributed by atoms with Gasteiger partial charge in [0.1, 0.15) is 5.82 Å². The average molecular weight is 472 g/mol. The zero-order chi connectivity index (χ0) is 24.3. The highest BCUT2D eigenvalue weighted by Gasteiger charge is 2.33. The fourth-order valence-corrected chi connectivity index (χ4v) is 5.62. The number of anilines is 1. The molecule has 7 heteroatoms. The van der Waals surface area contributed by atoms with Crippen molar-refractivity contribution in [2.75, 3.05) is 38.6 Å². The molecule has 0 amide bonds. The molecule has 0 radical (unpaired) electrons. The van der Waals surface area contributed by atoms with E-state index in [-0.39, 0.29) is 23.9 Å². The molecular formula is C28H30FN5O. The monoisotopic (exact) mass is 471 g/mol. The molecule has 4 heterocycles. The number of β-amino-alcohol motifs (C(OH)–C–C–N with tert-alkyl or cyclic N) is 1. The number of aliphatic hydroxyl groups is 1. The highest BCUT2D eigenvalue weighted by Crippen LogP contribution is 2.40. The summed E-state index contributed by atoms with van der Waals surface area (Å²) in [7, 11) is 4.11. The van der Waals surface area contributed by atoms with Gasteiger partial charge in [0.05, 0.1) is 23.5 Å². The van der Waals surface area contributed by atoms with Crippen molar-refractivity contribution < 1.29 is 9.50 Å². The summed E-state index contributed by atoms with van der Waals surface area (Å²) in [5.74, 6) is 0.884. The Hall–Kier alpha value is -3.42. The van der Waals surface area contributed by atoms with E-state index in [2.05, 4.69) is 70.4 Å². The van der Waals surface area contributed by atoms with Crippen molar-refractivity contribution in [3.05, 3.63) is 78.5 Å². The minimum Gasteiger partial charge on any atom is -0.391 e. The molecule has 0 aliphatic carbocycles. The molecule has 6 rings (SSSR count). The fourth-order valence-electron chi connectivity index (χ4n) is 5.62. The van der Waals surface area contributed by atoms with E-state index in [1.807, 2.05) is 24.5 Å². The maximum absolute atomic E-state index is 13.5. The van der Waals surface area contributed by atoms with E-state index >= 15 is 0 Å². The second kappa shape index (κ2) is 8.36. The molecule has 2 aromatic carbocycles. The Morgan fingerprint density at radius 2 is 1.86 bits per heavy atom. The molecule has 180 valence electrons. The summed E-state index contributed by atoms with van der Waals surface area (Å²) in [5, 5.41) is 10.7. The topological polar surface area (TPSA) is 49.5 Å². The molecule has 2 aliphatic rings. The van der Waals surface area contributed by atoms with Gasteiger partial charge in [0.15, 0.2) is 5.82 Å². The lowest BCUT2D eigenvalue weighted by molar-refractivity contribution is 0.130. The Balaban J connectivity index is 1.41. The minimum atomic E-state index is -0.330. The Morgan fingerprint density at radius 3 is 2.63 bits per heavy atom. The van der Waals surface area contributed by atoms with Gasteiger partial charge in [0.25, 0.3) is 0 Å². The molecule has 2 aromatic heterocycles. The summed E-state index contributed by atoms with van der Waals surface area (Å²) >= 11 is 0. The van der Waals surface area contributed by atoms with E-state index in [9.17, 15) is 9.50 Å². The zero-order valence-electron chi connectivity index (χ0n) is 20.3. The normalized spacial score (nSPS) is 21.1. The molecule has 1 N–H and O–H groups in total. The molecule has 2 aliphatic heterocycles. The Labute approximate surface area is 204 Å². The highest BCUT2D eigenvalue weighted by atomic mass is 19.1.